The monoisotopic (exact) mass is 285 g/mol. The average Bonchev–Trinajstić information content (AvgIpc) is 2.77. The molecule has 2 aromatic rings. The Balaban J connectivity index is 1.81. The Morgan fingerprint density at radius 3 is 2.33 bits per heavy atom. The zero-order valence-electron chi connectivity index (χ0n) is 13.0. The van der Waals surface area contributed by atoms with E-state index in [1.165, 1.54) is 19.3 Å². The van der Waals surface area contributed by atoms with Gasteiger partial charge < -0.3 is 10.5 Å². The van der Waals surface area contributed by atoms with Gasteiger partial charge in [-0.25, -0.2) is 4.68 Å². The third-order valence-electron chi connectivity index (χ3n) is 3.94. The van der Waals surface area contributed by atoms with Gasteiger partial charge in [0.2, 0.25) is 0 Å². The Morgan fingerprint density at radius 1 is 1.19 bits per heavy atom. The van der Waals surface area contributed by atoms with E-state index >= 15 is 0 Å². The average molecular weight is 285 g/mol. The SMILES string of the molecule is CC(C)(C)c1cc(N)n(-c2ccc(OC3CCC3)cc2)n1. The first-order valence-corrected chi connectivity index (χ1v) is 7.56. The molecule has 0 spiro atoms. The molecule has 0 bridgehead atoms. The highest BCUT2D eigenvalue weighted by Gasteiger charge is 2.20. The van der Waals surface area contributed by atoms with Crippen LogP contribution in [0.15, 0.2) is 30.3 Å². The number of nitrogens with two attached hydrogens (primary N) is 1. The van der Waals surface area contributed by atoms with Crippen molar-refractivity contribution in [2.24, 2.45) is 0 Å². The summed E-state index contributed by atoms with van der Waals surface area (Å²) in [6.07, 6.45) is 4.02. The van der Waals surface area contributed by atoms with Crippen molar-refractivity contribution in [2.75, 3.05) is 5.73 Å². The Labute approximate surface area is 125 Å². The van der Waals surface area contributed by atoms with Crippen LogP contribution in [0.4, 0.5) is 5.82 Å². The fourth-order valence-electron chi connectivity index (χ4n) is 2.32. The summed E-state index contributed by atoms with van der Waals surface area (Å²) in [7, 11) is 0. The second-order valence-electron chi connectivity index (χ2n) is 6.78. The molecule has 21 heavy (non-hydrogen) atoms. The van der Waals surface area contributed by atoms with E-state index in [0.717, 1.165) is 17.1 Å². The van der Waals surface area contributed by atoms with Gasteiger partial charge in [-0.1, -0.05) is 20.8 Å². The topological polar surface area (TPSA) is 53.1 Å². The lowest BCUT2D eigenvalue weighted by atomic mass is 9.92. The fraction of sp³-hybridized carbons (Fsp3) is 0.471. The number of nitrogen functional groups attached to an aromatic ring is 1. The second-order valence-corrected chi connectivity index (χ2v) is 6.78. The molecule has 1 aromatic heterocycles. The van der Waals surface area contributed by atoms with Crippen molar-refractivity contribution in [3.05, 3.63) is 36.0 Å². The van der Waals surface area contributed by atoms with Crippen LogP contribution in [0.3, 0.4) is 0 Å². The summed E-state index contributed by atoms with van der Waals surface area (Å²) < 4.78 is 7.66. The van der Waals surface area contributed by atoms with Crippen molar-refractivity contribution in [1.82, 2.24) is 9.78 Å². The van der Waals surface area contributed by atoms with Gasteiger partial charge >= 0.3 is 0 Å². The summed E-state index contributed by atoms with van der Waals surface area (Å²) in [6, 6.07) is 9.93. The molecule has 112 valence electrons. The second kappa shape index (κ2) is 5.10. The number of nitrogens with zero attached hydrogens (tertiary/aromatic N) is 2. The van der Waals surface area contributed by atoms with Crippen molar-refractivity contribution in [3.63, 3.8) is 0 Å². The van der Waals surface area contributed by atoms with Gasteiger partial charge in [-0.3, -0.25) is 0 Å². The molecule has 2 N–H and O–H groups in total. The van der Waals surface area contributed by atoms with E-state index in [1.807, 2.05) is 30.3 Å². The predicted octanol–water partition coefficient (Wildman–Crippen LogP) is 3.68. The van der Waals surface area contributed by atoms with E-state index in [9.17, 15) is 0 Å². The van der Waals surface area contributed by atoms with Gasteiger partial charge in [0.1, 0.15) is 11.6 Å². The van der Waals surface area contributed by atoms with Crippen molar-refractivity contribution >= 4 is 5.82 Å². The standard InChI is InChI=1S/C17H23N3O/c1-17(2,3)15-11-16(18)20(19-15)12-7-9-14(10-8-12)21-13-5-4-6-13/h7-11,13H,4-6,18H2,1-3H3. The lowest BCUT2D eigenvalue weighted by molar-refractivity contribution is 0.120. The zero-order valence-corrected chi connectivity index (χ0v) is 13.0. The Bertz CT molecular complexity index is 618. The number of benzene rings is 1. The van der Waals surface area contributed by atoms with E-state index < -0.39 is 0 Å². The molecule has 3 rings (SSSR count). The van der Waals surface area contributed by atoms with E-state index in [0.29, 0.717) is 11.9 Å². The van der Waals surface area contributed by atoms with Crippen LogP contribution in [-0.4, -0.2) is 15.9 Å². The van der Waals surface area contributed by atoms with Crippen LogP contribution < -0.4 is 10.5 Å². The van der Waals surface area contributed by atoms with Crippen LogP contribution in [-0.2, 0) is 5.41 Å². The molecule has 0 radical (unpaired) electrons. The fourth-order valence-corrected chi connectivity index (χ4v) is 2.32. The van der Waals surface area contributed by atoms with Gasteiger partial charge in [0.05, 0.1) is 17.5 Å². The largest absolute Gasteiger partial charge is 0.490 e. The normalized spacial score (nSPS) is 15.8. The first-order chi connectivity index (χ1) is 9.93. The van der Waals surface area contributed by atoms with Gasteiger partial charge in [0.25, 0.3) is 0 Å². The molecule has 0 saturated heterocycles. The molecular formula is C17H23N3O. The molecule has 1 fully saturated rings. The lowest BCUT2D eigenvalue weighted by Crippen LogP contribution is -2.24. The first kappa shape index (κ1) is 14.0. The quantitative estimate of drug-likeness (QED) is 0.936. The molecule has 0 unspecified atom stereocenters. The summed E-state index contributed by atoms with van der Waals surface area (Å²) in [5, 5.41) is 4.62. The summed E-state index contributed by atoms with van der Waals surface area (Å²) in [5.74, 6) is 1.58. The Morgan fingerprint density at radius 2 is 1.86 bits per heavy atom. The molecule has 4 heteroatoms. The van der Waals surface area contributed by atoms with E-state index in [1.54, 1.807) is 4.68 Å². The molecule has 1 aromatic carbocycles. The number of ether oxygens (including phenoxy) is 1. The zero-order chi connectivity index (χ0) is 15.0. The first-order valence-electron chi connectivity index (χ1n) is 7.56. The van der Waals surface area contributed by atoms with Gasteiger partial charge in [-0.15, -0.1) is 0 Å². The highest BCUT2D eigenvalue weighted by atomic mass is 16.5. The Hall–Kier alpha value is -1.97. The molecule has 0 atom stereocenters. The maximum Gasteiger partial charge on any atom is 0.127 e. The van der Waals surface area contributed by atoms with Gasteiger partial charge in [0.15, 0.2) is 0 Å². The molecule has 0 amide bonds. The highest BCUT2D eigenvalue weighted by Crippen LogP contribution is 2.27. The van der Waals surface area contributed by atoms with Crippen molar-refractivity contribution in [1.29, 1.82) is 0 Å². The van der Waals surface area contributed by atoms with Crippen LogP contribution in [0, 0.1) is 0 Å². The number of anilines is 1. The van der Waals surface area contributed by atoms with Crippen LogP contribution in [0.1, 0.15) is 45.7 Å². The Kier molecular flexibility index (Phi) is 3.40. The van der Waals surface area contributed by atoms with Gasteiger partial charge in [-0.2, -0.15) is 5.10 Å². The molecule has 1 saturated carbocycles. The predicted molar refractivity (Wildman–Crippen MR) is 84.9 cm³/mol. The highest BCUT2D eigenvalue weighted by molar-refractivity contribution is 5.45. The minimum Gasteiger partial charge on any atom is -0.490 e. The van der Waals surface area contributed by atoms with Crippen molar-refractivity contribution in [3.8, 4) is 11.4 Å². The minimum atomic E-state index is -0.00730. The maximum atomic E-state index is 6.09. The van der Waals surface area contributed by atoms with Crippen molar-refractivity contribution in [2.45, 2.75) is 51.6 Å². The van der Waals surface area contributed by atoms with Crippen molar-refractivity contribution < 1.29 is 4.74 Å². The number of aromatic nitrogens is 2. The summed E-state index contributed by atoms with van der Waals surface area (Å²) >= 11 is 0. The van der Waals surface area contributed by atoms with E-state index in [4.69, 9.17) is 10.5 Å². The number of hydrogen-bond donors (Lipinski definition) is 1. The molecule has 4 nitrogen and oxygen atoms in total. The molecule has 0 aliphatic heterocycles. The van der Waals surface area contributed by atoms with Crippen LogP contribution >= 0.6 is 0 Å². The van der Waals surface area contributed by atoms with Crippen LogP contribution in [0.2, 0.25) is 0 Å². The van der Waals surface area contributed by atoms with E-state index in [-0.39, 0.29) is 5.41 Å². The summed E-state index contributed by atoms with van der Waals surface area (Å²) in [5.41, 5.74) is 8.04. The summed E-state index contributed by atoms with van der Waals surface area (Å²) in [4.78, 5) is 0. The van der Waals surface area contributed by atoms with Crippen LogP contribution in [0.25, 0.3) is 5.69 Å². The van der Waals surface area contributed by atoms with Gasteiger partial charge in [0, 0.05) is 11.5 Å². The molecular weight excluding hydrogens is 262 g/mol. The minimum absolute atomic E-state index is 0.00730. The lowest BCUT2D eigenvalue weighted by Gasteiger charge is -2.26. The third kappa shape index (κ3) is 2.89. The maximum absolute atomic E-state index is 6.09. The van der Waals surface area contributed by atoms with Gasteiger partial charge in [-0.05, 0) is 43.5 Å². The number of hydrogen-bond acceptors (Lipinski definition) is 3. The molecule has 1 heterocycles. The number of rotatable bonds is 3. The van der Waals surface area contributed by atoms with Crippen LogP contribution in [0.5, 0.6) is 5.75 Å². The molecule has 1 aliphatic rings. The third-order valence-corrected chi connectivity index (χ3v) is 3.94. The summed E-state index contributed by atoms with van der Waals surface area (Å²) in [6.45, 7) is 6.40. The molecule has 1 aliphatic carbocycles. The smallest absolute Gasteiger partial charge is 0.127 e. The van der Waals surface area contributed by atoms with E-state index in [2.05, 4.69) is 25.9 Å².